The highest BCUT2D eigenvalue weighted by atomic mass is 32.1. The van der Waals surface area contributed by atoms with E-state index in [-0.39, 0.29) is 11.9 Å². The zero-order valence-electron chi connectivity index (χ0n) is 15.6. The largest absolute Gasteiger partial charge is 0.344 e. The van der Waals surface area contributed by atoms with Gasteiger partial charge in [0.2, 0.25) is 5.91 Å². The fourth-order valence-corrected chi connectivity index (χ4v) is 5.18. The van der Waals surface area contributed by atoms with E-state index in [1.54, 1.807) is 17.7 Å². The Hall–Kier alpha value is -1.73. The molecule has 6 nitrogen and oxygen atoms in total. The van der Waals surface area contributed by atoms with Crippen molar-refractivity contribution in [2.45, 2.75) is 50.6 Å². The number of carbonyl (C=O) groups is 1. The number of nitrogens with one attached hydrogen (secondary N) is 1. The fourth-order valence-electron chi connectivity index (χ4n) is 4.45. The van der Waals surface area contributed by atoms with Gasteiger partial charge in [0.05, 0.1) is 5.39 Å². The van der Waals surface area contributed by atoms with Gasteiger partial charge in [0.25, 0.3) is 0 Å². The van der Waals surface area contributed by atoms with Crippen LogP contribution in [0.4, 0.5) is 5.82 Å². The Morgan fingerprint density at radius 1 is 1.15 bits per heavy atom. The molecule has 3 aliphatic rings. The maximum Gasteiger partial charge on any atom is 0.245 e. The van der Waals surface area contributed by atoms with E-state index in [2.05, 4.69) is 36.5 Å². The molecule has 1 aliphatic carbocycles. The van der Waals surface area contributed by atoms with Crippen LogP contribution in [0.15, 0.2) is 17.8 Å². The van der Waals surface area contributed by atoms with Crippen molar-refractivity contribution < 1.29 is 4.79 Å². The number of piperidine rings is 1. The zero-order valence-corrected chi connectivity index (χ0v) is 16.5. The summed E-state index contributed by atoms with van der Waals surface area (Å²) >= 11 is 1.63. The highest BCUT2D eigenvalue weighted by Crippen LogP contribution is 2.33. The quantitative estimate of drug-likeness (QED) is 0.857. The van der Waals surface area contributed by atoms with Crippen LogP contribution in [-0.4, -0.2) is 59.0 Å². The zero-order chi connectivity index (χ0) is 18.2. The topological polar surface area (TPSA) is 61.4 Å². The molecule has 2 saturated heterocycles. The number of fused-ring (bicyclic) bond motifs is 1. The highest BCUT2D eigenvalue weighted by molar-refractivity contribution is 7.16. The molecule has 1 amide bonds. The predicted octanol–water partition coefficient (Wildman–Crippen LogP) is 2.65. The molecule has 1 N–H and O–H groups in total. The lowest BCUT2D eigenvalue weighted by Crippen LogP contribution is -2.51. The first-order valence-corrected chi connectivity index (χ1v) is 11.1. The van der Waals surface area contributed by atoms with Crippen LogP contribution in [0.3, 0.4) is 0 Å². The van der Waals surface area contributed by atoms with Crippen molar-refractivity contribution in [2.24, 2.45) is 5.92 Å². The number of likely N-dealkylation sites (tertiary alicyclic amines) is 1. The number of thiophene rings is 1. The summed E-state index contributed by atoms with van der Waals surface area (Å²) in [5.41, 5.74) is 0. The van der Waals surface area contributed by atoms with E-state index in [4.69, 9.17) is 0 Å². The standard InChI is InChI=1S/C20H27N5OS/c26-20(24-9-5-15(6-10-24)21-12-14-3-4-14)17-2-1-8-25(17)18-16-7-11-27-19(16)23-13-22-18/h7,11,13-15,17,21H,1-6,8-10,12H2. The molecule has 1 atom stereocenters. The van der Waals surface area contributed by atoms with Gasteiger partial charge in [-0.05, 0) is 62.4 Å². The lowest BCUT2D eigenvalue weighted by atomic mass is 10.0. The lowest BCUT2D eigenvalue weighted by molar-refractivity contribution is -0.133. The van der Waals surface area contributed by atoms with E-state index in [1.807, 2.05) is 0 Å². The minimum absolute atomic E-state index is 0.0704. The molecule has 1 unspecified atom stereocenters. The molecular formula is C20H27N5OS. The van der Waals surface area contributed by atoms with Crippen LogP contribution in [0.25, 0.3) is 10.2 Å². The molecule has 2 aliphatic heterocycles. The second-order valence-corrected chi connectivity index (χ2v) is 9.03. The first-order chi connectivity index (χ1) is 13.3. The molecular weight excluding hydrogens is 358 g/mol. The number of carbonyl (C=O) groups excluding carboxylic acids is 1. The van der Waals surface area contributed by atoms with Crippen molar-refractivity contribution in [3.8, 4) is 0 Å². The van der Waals surface area contributed by atoms with Gasteiger partial charge in [0, 0.05) is 25.7 Å². The van der Waals surface area contributed by atoms with Crippen molar-refractivity contribution in [3.63, 3.8) is 0 Å². The first-order valence-electron chi connectivity index (χ1n) is 10.3. The van der Waals surface area contributed by atoms with Gasteiger partial charge in [0.15, 0.2) is 0 Å². The summed E-state index contributed by atoms with van der Waals surface area (Å²) in [5, 5.41) is 6.83. The van der Waals surface area contributed by atoms with Gasteiger partial charge in [-0.2, -0.15) is 0 Å². The minimum atomic E-state index is -0.0704. The molecule has 0 bridgehead atoms. The first kappa shape index (κ1) is 17.4. The number of amides is 1. The summed E-state index contributed by atoms with van der Waals surface area (Å²) in [6, 6.07) is 2.59. The number of nitrogens with zero attached hydrogens (tertiary/aromatic N) is 4. The fraction of sp³-hybridized carbons (Fsp3) is 0.650. The Kier molecular flexibility index (Phi) is 4.73. The van der Waals surface area contributed by atoms with Gasteiger partial charge >= 0.3 is 0 Å². The van der Waals surface area contributed by atoms with Crippen molar-refractivity contribution in [1.29, 1.82) is 0 Å². The average molecular weight is 386 g/mol. The van der Waals surface area contributed by atoms with Crippen molar-refractivity contribution >= 4 is 33.3 Å². The Bertz CT molecular complexity index is 812. The van der Waals surface area contributed by atoms with Crippen LogP contribution < -0.4 is 10.2 Å². The van der Waals surface area contributed by atoms with E-state index < -0.39 is 0 Å². The summed E-state index contributed by atoms with van der Waals surface area (Å²) in [6.45, 7) is 3.82. The molecule has 5 rings (SSSR count). The third kappa shape index (κ3) is 3.55. The summed E-state index contributed by atoms with van der Waals surface area (Å²) in [6.07, 6.45) is 8.54. The molecule has 27 heavy (non-hydrogen) atoms. The van der Waals surface area contributed by atoms with E-state index in [1.165, 1.54) is 19.4 Å². The molecule has 1 saturated carbocycles. The van der Waals surface area contributed by atoms with Gasteiger partial charge in [0.1, 0.15) is 23.0 Å². The molecule has 7 heteroatoms. The van der Waals surface area contributed by atoms with Crippen LogP contribution in [0.5, 0.6) is 0 Å². The lowest BCUT2D eigenvalue weighted by Gasteiger charge is -2.36. The number of hydrogen-bond acceptors (Lipinski definition) is 6. The number of rotatable bonds is 5. The Morgan fingerprint density at radius 2 is 2.00 bits per heavy atom. The van der Waals surface area contributed by atoms with Gasteiger partial charge in [-0.3, -0.25) is 4.79 Å². The molecule has 3 fully saturated rings. The molecule has 0 spiro atoms. The van der Waals surface area contributed by atoms with Gasteiger partial charge < -0.3 is 15.1 Å². The van der Waals surface area contributed by atoms with E-state index in [9.17, 15) is 4.79 Å². The number of hydrogen-bond donors (Lipinski definition) is 1. The maximum atomic E-state index is 13.3. The molecule has 4 heterocycles. The highest BCUT2D eigenvalue weighted by Gasteiger charge is 2.36. The Labute approximate surface area is 164 Å². The monoisotopic (exact) mass is 385 g/mol. The maximum absolute atomic E-state index is 13.3. The van der Waals surface area contributed by atoms with Crippen LogP contribution in [-0.2, 0) is 4.79 Å². The summed E-state index contributed by atoms with van der Waals surface area (Å²) in [5.74, 6) is 2.13. The Morgan fingerprint density at radius 3 is 2.81 bits per heavy atom. The average Bonchev–Trinajstić information content (AvgIpc) is 3.19. The summed E-state index contributed by atoms with van der Waals surface area (Å²) < 4.78 is 0. The smallest absolute Gasteiger partial charge is 0.245 e. The van der Waals surface area contributed by atoms with E-state index in [0.717, 1.165) is 67.3 Å². The van der Waals surface area contributed by atoms with Crippen LogP contribution in [0.2, 0.25) is 0 Å². The summed E-state index contributed by atoms with van der Waals surface area (Å²) in [4.78, 5) is 27.5. The third-order valence-corrected chi connectivity index (χ3v) is 7.07. The molecule has 0 aromatic carbocycles. The molecule has 144 valence electrons. The van der Waals surface area contributed by atoms with Crippen molar-refractivity contribution in [3.05, 3.63) is 17.8 Å². The van der Waals surface area contributed by atoms with Crippen molar-refractivity contribution in [1.82, 2.24) is 20.2 Å². The normalized spacial score (nSPS) is 24.1. The second kappa shape index (κ2) is 7.36. The number of aromatic nitrogens is 2. The third-order valence-electron chi connectivity index (χ3n) is 6.25. The molecule has 0 radical (unpaired) electrons. The van der Waals surface area contributed by atoms with E-state index >= 15 is 0 Å². The Balaban J connectivity index is 1.25. The second-order valence-electron chi connectivity index (χ2n) is 8.14. The molecule has 2 aromatic rings. The predicted molar refractivity (Wildman–Crippen MR) is 108 cm³/mol. The van der Waals surface area contributed by atoms with Crippen LogP contribution in [0, 0.1) is 5.92 Å². The summed E-state index contributed by atoms with van der Waals surface area (Å²) in [7, 11) is 0. The van der Waals surface area contributed by atoms with Crippen LogP contribution >= 0.6 is 11.3 Å². The van der Waals surface area contributed by atoms with Gasteiger partial charge in [-0.25, -0.2) is 9.97 Å². The SMILES string of the molecule is O=C(C1CCCN1c1ncnc2sccc12)N1CCC(NCC2CC2)CC1. The number of anilines is 1. The van der Waals surface area contributed by atoms with Crippen molar-refractivity contribution in [2.75, 3.05) is 31.1 Å². The van der Waals surface area contributed by atoms with Gasteiger partial charge in [-0.1, -0.05) is 0 Å². The van der Waals surface area contributed by atoms with Crippen LogP contribution in [0.1, 0.15) is 38.5 Å². The molecule has 2 aromatic heterocycles. The van der Waals surface area contributed by atoms with Gasteiger partial charge in [-0.15, -0.1) is 11.3 Å². The minimum Gasteiger partial charge on any atom is -0.344 e. The van der Waals surface area contributed by atoms with E-state index in [0.29, 0.717) is 6.04 Å².